The molecule has 218 valence electrons. The Labute approximate surface area is 254 Å². The van der Waals surface area contributed by atoms with Crippen molar-refractivity contribution in [3.05, 3.63) is 105 Å². The Morgan fingerprint density at radius 2 is 1.65 bits per heavy atom. The standard InChI is InChI=1S/C31H25N3O7S2/c1-2-40-30(38)18-8-12-20(13-9-18)34-28(36)24-23(25-27(33-31(39)43-25)42-26(24)29(34)37)17-10-14-21(15-11-17)41-16-22(35)32-19-6-4-3-5-7-19/h3-15,23-24,26H,2,16H2,1H3,(H,32,35)(H,33,39). The summed E-state index contributed by atoms with van der Waals surface area (Å²) in [4.78, 5) is 68.7. The topological polar surface area (TPSA) is 135 Å². The Morgan fingerprint density at radius 1 is 0.930 bits per heavy atom. The van der Waals surface area contributed by atoms with Crippen LogP contribution in [0.5, 0.6) is 5.75 Å². The van der Waals surface area contributed by atoms with E-state index in [1.165, 1.54) is 23.9 Å². The number of esters is 1. The zero-order valence-electron chi connectivity index (χ0n) is 22.8. The summed E-state index contributed by atoms with van der Waals surface area (Å²) in [7, 11) is 0. The van der Waals surface area contributed by atoms with E-state index >= 15 is 0 Å². The van der Waals surface area contributed by atoms with Crippen LogP contribution in [0.4, 0.5) is 11.4 Å². The highest BCUT2D eigenvalue weighted by atomic mass is 32.2. The van der Waals surface area contributed by atoms with Crippen molar-refractivity contribution in [2.45, 2.75) is 23.1 Å². The Hall–Kier alpha value is -4.68. The van der Waals surface area contributed by atoms with Crippen LogP contribution in [0, 0.1) is 5.92 Å². The van der Waals surface area contributed by atoms with Crippen LogP contribution in [0.3, 0.4) is 0 Å². The third-order valence-electron chi connectivity index (χ3n) is 7.13. The lowest BCUT2D eigenvalue weighted by atomic mass is 9.83. The molecule has 6 rings (SSSR count). The second kappa shape index (κ2) is 11.9. The van der Waals surface area contributed by atoms with Gasteiger partial charge in [-0.1, -0.05) is 53.4 Å². The zero-order chi connectivity index (χ0) is 30.1. The summed E-state index contributed by atoms with van der Waals surface area (Å²) in [5, 5.41) is 2.58. The third kappa shape index (κ3) is 5.58. The normalized spacial score (nSPS) is 19.0. The van der Waals surface area contributed by atoms with Gasteiger partial charge in [0.2, 0.25) is 11.8 Å². The zero-order valence-corrected chi connectivity index (χ0v) is 24.4. The minimum absolute atomic E-state index is 0.195. The fraction of sp³-hybridized carbons (Fsp3) is 0.194. The molecule has 1 saturated heterocycles. The van der Waals surface area contributed by atoms with Crippen LogP contribution >= 0.6 is 23.1 Å². The monoisotopic (exact) mass is 615 g/mol. The van der Waals surface area contributed by atoms with E-state index < -0.39 is 29.0 Å². The molecule has 0 spiro atoms. The van der Waals surface area contributed by atoms with Gasteiger partial charge in [-0.2, -0.15) is 0 Å². The van der Waals surface area contributed by atoms with Gasteiger partial charge < -0.3 is 19.8 Å². The van der Waals surface area contributed by atoms with Crippen molar-refractivity contribution in [1.82, 2.24) is 4.98 Å². The third-order valence-corrected chi connectivity index (χ3v) is 9.53. The van der Waals surface area contributed by atoms with Gasteiger partial charge in [0.15, 0.2) is 6.61 Å². The number of para-hydroxylation sites is 1. The number of thioether (sulfide) groups is 1. The van der Waals surface area contributed by atoms with Gasteiger partial charge >= 0.3 is 10.8 Å². The molecule has 3 unspecified atom stereocenters. The molecule has 0 bridgehead atoms. The van der Waals surface area contributed by atoms with Gasteiger partial charge in [-0.05, 0) is 61.0 Å². The first-order chi connectivity index (χ1) is 20.8. The minimum Gasteiger partial charge on any atom is -0.484 e. The van der Waals surface area contributed by atoms with Crippen molar-refractivity contribution < 1.29 is 28.7 Å². The summed E-state index contributed by atoms with van der Waals surface area (Å²) in [5.74, 6) is -2.44. The molecule has 0 aliphatic carbocycles. The van der Waals surface area contributed by atoms with Crippen molar-refractivity contribution in [3.8, 4) is 5.75 Å². The first-order valence-electron chi connectivity index (χ1n) is 13.5. The molecule has 3 heterocycles. The van der Waals surface area contributed by atoms with Crippen LogP contribution in [-0.2, 0) is 19.1 Å². The fourth-order valence-corrected chi connectivity index (χ4v) is 7.75. The van der Waals surface area contributed by atoms with E-state index in [0.29, 0.717) is 32.6 Å². The van der Waals surface area contributed by atoms with Crippen LogP contribution in [-0.4, -0.2) is 47.1 Å². The summed E-state index contributed by atoms with van der Waals surface area (Å²) in [5.41, 5.74) is 2.06. The first kappa shape index (κ1) is 28.4. The number of aromatic amines is 1. The van der Waals surface area contributed by atoms with E-state index in [4.69, 9.17) is 9.47 Å². The van der Waals surface area contributed by atoms with Crippen LogP contribution in [0.25, 0.3) is 0 Å². The number of carbonyl (C=O) groups is 4. The number of hydrogen-bond acceptors (Lipinski definition) is 9. The summed E-state index contributed by atoms with van der Waals surface area (Å²) in [6.45, 7) is 1.75. The summed E-state index contributed by atoms with van der Waals surface area (Å²) in [6, 6.07) is 22.2. The number of thiazole rings is 1. The molecule has 3 amide bonds. The predicted octanol–water partition coefficient (Wildman–Crippen LogP) is 4.43. The van der Waals surface area contributed by atoms with Crippen LogP contribution in [0.15, 0.2) is 88.7 Å². The molecule has 1 aromatic heterocycles. The van der Waals surface area contributed by atoms with Crippen LogP contribution in [0.1, 0.15) is 33.6 Å². The highest BCUT2D eigenvalue weighted by Gasteiger charge is 2.56. The molecule has 0 radical (unpaired) electrons. The van der Waals surface area contributed by atoms with E-state index in [1.807, 2.05) is 18.2 Å². The molecule has 3 aromatic carbocycles. The summed E-state index contributed by atoms with van der Waals surface area (Å²) >= 11 is 2.21. The van der Waals surface area contributed by atoms with Crippen molar-refractivity contribution in [3.63, 3.8) is 0 Å². The molecule has 10 nitrogen and oxygen atoms in total. The number of nitrogens with one attached hydrogen (secondary N) is 2. The molecule has 2 N–H and O–H groups in total. The van der Waals surface area contributed by atoms with Gasteiger partial charge in [0.1, 0.15) is 11.0 Å². The average molecular weight is 616 g/mol. The number of benzene rings is 3. The number of fused-ring (bicyclic) bond motifs is 2. The largest absolute Gasteiger partial charge is 0.484 e. The fourth-order valence-electron chi connectivity index (χ4n) is 5.23. The van der Waals surface area contributed by atoms with Gasteiger partial charge in [0.05, 0.1) is 28.8 Å². The molecule has 3 atom stereocenters. The number of aromatic nitrogens is 1. The van der Waals surface area contributed by atoms with Crippen molar-refractivity contribution in [2.24, 2.45) is 5.92 Å². The number of ether oxygens (including phenoxy) is 2. The number of H-pyrrole nitrogens is 1. The maximum absolute atomic E-state index is 13.9. The highest BCUT2D eigenvalue weighted by Crippen LogP contribution is 2.53. The molecule has 12 heteroatoms. The number of rotatable bonds is 8. The average Bonchev–Trinajstić information content (AvgIpc) is 3.51. The second-order valence-electron chi connectivity index (χ2n) is 9.80. The quantitative estimate of drug-likeness (QED) is 0.220. The highest BCUT2D eigenvalue weighted by molar-refractivity contribution is 8.00. The van der Waals surface area contributed by atoms with Gasteiger partial charge in [0, 0.05) is 16.5 Å². The van der Waals surface area contributed by atoms with E-state index in [9.17, 15) is 24.0 Å². The van der Waals surface area contributed by atoms with E-state index in [1.54, 1.807) is 55.5 Å². The molecule has 2 aliphatic heterocycles. The van der Waals surface area contributed by atoms with E-state index in [0.717, 1.165) is 21.8 Å². The molecule has 43 heavy (non-hydrogen) atoms. The summed E-state index contributed by atoms with van der Waals surface area (Å²) in [6.07, 6.45) is 0. The number of imide groups is 1. The lowest BCUT2D eigenvalue weighted by molar-refractivity contribution is -0.122. The molecule has 2 aliphatic rings. The maximum atomic E-state index is 13.9. The predicted molar refractivity (Wildman–Crippen MR) is 162 cm³/mol. The molecular weight excluding hydrogens is 590 g/mol. The van der Waals surface area contributed by atoms with Crippen molar-refractivity contribution in [1.29, 1.82) is 0 Å². The number of carbonyl (C=O) groups excluding carboxylic acids is 4. The Kier molecular flexibility index (Phi) is 7.87. The van der Waals surface area contributed by atoms with E-state index in [2.05, 4.69) is 10.3 Å². The molecule has 4 aromatic rings. The van der Waals surface area contributed by atoms with Gasteiger partial charge in [-0.15, -0.1) is 0 Å². The lowest BCUT2D eigenvalue weighted by Crippen LogP contribution is -2.32. The smallest absolute Gasteiger partial charge is 0.338 e. The Balaban J connectivity index is 1.24. The molecule has 1 fully saturated rings. The van der Waals surface area contributed by atoms with Crippen LogP contribution in [0.2, 0.25) is 0 Å². The maximum Gasteiger partial charge on any atom is 0.338 e. The Morgan fingerprint density at radius 3 is 2.35 bits per heavy atom. The first-order valence-corrected chi connectivity index (χ1v) is 15.2. The molecular formula is C31H25N3O7S2. The number of anilines is 2. The summed E-state index contributed by atoms with van der Waals surface area (Å²) < 4.78 is 10.7. The number of hydrogen-bond donors (Lipinski definition) is 2. The lowest BCUT2D eigenvalue weighted by Gasteiger charge is -2.29. The van der Waals surface area contributed by atoms with Gasteiger partial charge in [-0.25, -0.2) is 9.69 Å². The SMILES string of the molecule is CCOC(=O)c1ccc(N2C(=O)C3Sc4[nH]c(=O)sc4C(c4ccc(OCC(=O)Nc5ccccc5)cc4)C3C2=O)cc1. The van der Waals surface area contributed by atoms with E-state index in [-0.39, 0.29) is 29.9 Å². The van der Waals surface area contributed by atoms with Crippen LogP contribution < -0.4 is 19.8 Å². The van der Waals surface area contributed by atoms with Gasteiger partial charge in [0.25, 0.3) is 5.91 Å². The number of nitrogens with zero attached hydrogens (tertiary/aromatic N) is 1. The minimum atomic E-state index is -0.760. The Bertz CT molecular complexity index is 1750. The van der Waals surface area contributed by atoms with Crippen molar-refractivity contribution >= 4 is 58.2 Å². The number of amides is 3. The van der Waals surface area contributed by atoms with Crippen molar-refractivity contribution in [2.75, 3.05) is 23.4 Å². The molecule has 0 saturated carbocycles. The van der Waals surface area contributed by atoms with Gasteiger partial charge in [-0.3, -0.25) is 19.2 Å². The second-order valence-corrected chi connectivity index (χ2v) is 12.0.